The average molecular weight is 284 g/mol. The normalized spacial score (nSPS) is 16.0. The first-order valence-electron chi connectivity index (χ1n) is 7.38. The van der Waals surface area contributed by atoms with E-state index in [0.29, 0.717) is 6.54 Å². The molecule has 1 aromatic heterocycles. The highest BCUT2D eigenvalue weighted by Crippen LogP contribution is 2.45. The van der Waals surface area contributed by atoms with Crippen LogP contribution in [0, 0.1) is 0 Å². The molecule has 0 saturated carbocycles. The van der Waals surface area contributed by atoms with Crippen molar-refractivity contribution in [2.45, 2.75) is 32.1 Å². The van der Waals surface area contributed by atoms with Crippen LogP contribution < -0.4 is 4.90 Å². The molecule has 2 aromatic rings. The Bertz CT molecular complexity index is 672. The zero-order valence-electron chi connectivity index (χ0n) is 12.7. The van der Waals surface area contributed by atoms with Gasteiger partial charge in [-0.1, -0.05) is 32.0 Å². The first kappa shape index (κ1) is 13.8. The van der Waals surface area contributed by atoms with Crippen LogP contribution in [0.1, 0.15) is 42.9 Å². The number of carbonyl (C=O) groups is 1. The Labute approximate surface area is 124 Å². The van der Waals surface area contributed by atoms with E-state index in [1.807, 2.05) is 23.1 Å². The van der Waals surface area contributed by atoms with Gasteiger partial charge in [0.1, 0.15) is 6.33 Å². The third-order valence-electron chi connectivity index (χ3n) is 4.62. The molecule has 0 atom stereocenters. The highest BCUT2D eigenvalue weighted by Gasteiger charge is 2.42. The fraction of sp³-hybridized carbons (Fsp3) is 0.438. The molecule has 1 aliphatic rings. The molecule has 0 bridgehead atoms. The highest BCUT2D eigenvalue weighted by molar-refractivity contribution is 6.05. The number of carbonyl (C=O) groups excluding carboxylic acids is 1. The van der Waals surface area contributed by atoms with Crippen molar-refractivity contribution in [3.8, 4) is 0 Å². The molecule has 5 nitrogen and oxygen atoms in total. The van der Waals surface area contributed by atoms with Gasteiger partial charge >= 0.3 is 0 Å². The second-order valence-electron chi connectivity index (χ2n) is 5.64. The molecule has 0 radical (unpaired) electrons. The van der Waals surface area contributed by atoms with Crippen molar-refractivity contribution in [1.29, 1.82) is 0 Å². The first-order valence-corrected chi connectivity index (χ1v) is 7.38. The molecular formula is C16H20N4O. The summed E-state index contributed by atoms with van der Waals surface area (Å²) < 4.78 is 1.56. The lowest BCUT2D eigenvalue weighted by molar-refractivity contribution is 0.0974. The monoisotopic (exact) mass is 284 g/mol. The lowest BCUT2D eigenvalue weighted by Gasteiger charge is -2.27. The lowest BCUT2D eigenvalue weighted by atomic mass is 9.78. The zero-order valence-corrected chi connectivity index (χ0v) is 12.7. The smallest absolute Gasteiger partial charge is 0.297 e. The molecule has 0 saturated heterocycles. The van der Waals surface area contributed by atoms with Crippen molar-refractivity contribution in [2.75, 3.05) is 11.4 Å². The zero-order chi connectivity index (χ0) is 15.0. The highest BCUT2D eigenvalue weighted by atomic mass is 16.2. The van der Waals surface area contributed by atoms with E-state index in [4.69, 9.17) is 0 Å². The summed E-state index contributed by atoms with van der Waals surface area (Å²) in [4.78, 5) is 18.7. The average Bonchev–Trinajstić information content (AvgIpc) is 3.09. The summed E-state index contributed by atoms with van der Waals surface area (Å²) in [6.07, 6.45) is 3.59. The van der Waals surface area contributed by atoms with Crippen LogP contribution in [0.5, 0.6) is 0 Å². The number of anilines is 1. The van der Waals surface area contributed by atoms with E-state index in [-0.39, 0.29) is 17.1 Å². The van der Waals surface area contributed by atoms with Crippen molar-refractivity contribution < 1.29 is 4.79 Å². The molecule has 0 N–H and O–H groups in total. The summed E-state index contributed by atoms with van der Waals surface area (Å²) in [5, 5.41) is 4.14. The largest absolute Gasteiger partial charge is 0.304 e. The van der Waals surface area contributed by atoms with Gasteiger partial charge in [-0.05, 0) is 24.5 Å². The van der Waals surface area contributed by atoms with Gasteiger partial charge in [0.25, 0.3) is 5.91 Å². The summed E-state index contributed by atoms with van der Waals surface area (Å²) in [6, 6.07) is 8.18. The van der Waals surface area contributed by atoms with Gasteiger partial charge in [-0.2, -0.15) is 0 Å². The molecule has 0 aliphatic carbocycles. The molecule has 0 spiro atoms. The van der Waals surface area contributed by atoms with Crippen molar-refractivity contribution >= 4 is 11.6 Å². The predicted octanol–water partition coefficient (Wildman–Crippen LogP) is 2.53. The molecule has 0 unspecified atom stereocenters. The van der Waals surface area contributed by atoms with Crippen LogP contribution in [-0.4, -0.2) is 27.2 Å². The van der Waals surface area contributed by atoms with Gasteiger partial charge in [-0.15, -0.1) is 5.10 Å². The summed E-state index contributed by atoms with van der Waals surface area (Å²) in [5.74, 6) is 0.141. The van der Waals surface area contributed by atoms with Gasteiger partial charge in [-0.3, -0.25) is 9.48 Å². The molecule has 1 aromatic carbocycles. The van der Waals surface area contributed by atoms with Gasteiger partial charge in [0, 0.05) is 24.7 Å². The molecule has 3 rings (SSSR count). The standard InChI is InChI=1S/C16H20N4O/c1-4-16(5-2)10-20(13-9-7-6-8-12(13)16)15(21)14-17-11-19(3)18-14/h6-9,11H,4-5,10H2,1-3H3. The SMILES string of the molecule is CCC1(CC)CN(C(=O)c2ncn(C)n2)c2ccccc21. The summed E-state index contributed by atoms with van der Waals surface area (Å²) in [5.41, 5.74) is 2.30. The Morgan fingerprint density at radius 3 is 2.62 bits per heavy atom. The predicted molar refractivity (Wildman–Crippen MR) is 81.4 cm³/mol. The number of amides is 1. The number of para-hydroxylation sites is 1. The lowest BCUT2D eigenvalue weighted by Crippen LogP contribution is -2.37. The van der Waals surface area contributed by atoms with Crippen molar-refractivity contribution in [1.82, 2.24) is 14.8 Å². The number of hydrogen-bond acceptors (Lipinski definition) is 3. The Morgan fingerprint density at radius 1 is 1.29 bits per heavy atom. The number of benzene rings is 1. The maximum Gasteiger partial charge on any atom is 0.297 e. The fourth-order valence-electron chi connectivity index (χ4n) is 3.22. The van der Waals surface area contributed by atoms with Crippen molar-refractivity contribution in [3.05, 3.63) is 42.0 Å². The van der Waals surface area contributed by atoms with E-state index >= 15 is 0 Å². The molecule has 1 amide bonds. The van der Waals surface area contributed by atoms with Gasteiger partial charge in [0.2, 0.25) is 5.82 Å². The Hall–Kier alpha value is -2.17. The van der Waals surface area contributed by atoms with Gasteiger partial charge in [-0.25, -0.2) is 4.98 Å². The van der Waals surface area contributed by atoms with E-state index < -0.39 is 0 Å². The van der Waals surface area contributed by atoms with E-state index in [1.165, 1.54) is 5.56 Å². The van der Waals surface area contributed by atoms with Gasteiger partial charge in [0.05, 0.1) is 0 Å². The second-order valence-corrected chi connectivity index (χ2v) is 5.64. The van der Waals surface area contributed by atoms with Crippen LogP contribution in [0.25, 0.3) is 0 Å². The summed E-state index contributed by atoms with van der Waals surface area (Å²) in [6.45, 7) is 5.08. The molecule has 2 heterocycles. The van der Waals surface area contributed by atoms with E-state index in [9.17, 15) is 4.79 Å². The van der Waals surface area contributed by atoms with Crippen molar-refractivity contribution in [3.63, 3.8) is 0 Å². The summed E-state index contributed by atoms with van der Waals surface area (Å²) in [7, 11) is 1.77. The minimum Gasteiger partial charge on any atom is -0.304 e. The maximum atomic E-state index is 12.7. The molecule has 5 heteroatoms. The second kappa shape index (κ2) is 4.98. The number of aromatic nitrogens is 3. The van der Waals surface area contributed by atoms with Crippen LogP contribution in [0.15, 0.2) is 30.6 Å². The first-order chi connectivity index (χ1) is 10.1. The molecule has 110 valence electrons. The van der Waals surface area contributed by atoms with Gasteiger partial charge in [0.15, 0.2) is 0 Å². The Morgan fingerprint density at radius 2 is 2.00 bits per heavy atom. The number of hydrogen-bond donors (Lipinski definition) is 0. The third-order valence-corrected chi connectivity index (χ3v) is 4.62. The van der Waals surface area contributed by atoms with Crippen LogP contribution in [0.2, 0.25) is 0 Å². The van der Waals surface area contributed by atoms with E-state index in [0.717, 1.165) is 18.5 Å². The molecule has 21 heavy (non-hydrogen) atoms. The van der Waals surface area contributed by atoms with Crippen LogP contribution in [0.4, 0.5) is 5.69 Å². The van der Waals surface area contributed by atoms with Crippen LogP contribution >= 0.6 is 0 Å². The number of nitrogens with zero attached hydrogens (tertiary/aromatic N) is 4. The van der Waals surface area contributed by atoms with Gasteiger partial charge < -0.3 is 4.90 Å². The minimum absolute atomic E-state index is 0.0427. The molecule has 0 fully saturated rings. The van der Waals surface area contributed by atoms with Crippen molar-refractivity contribution in [2.24, 2.45) is 7.05 Å². The van der Waals surface area contributed by atoms with E-state index in [1.54, 1.807) is 18.1 Å². The Balaban J connectivity index is 2.04. The maximum absolute atomic E-state index is 12.7. The molecular weight excluding hydrogens is 264 g/mol. The fourth-order valence-corrected chi connectivity index (χ4v) is 3.22. The topological polar surface area (TPSA) is 51.0 Å². The Kier molecular flexibility index (Phi) is 3.27. The van der Waals surface area contributed by atoms with Crippen LogP contribution in [-0.2, 0) is 12.5 Å². The summed E-state index contributed by atoms with van der Waals surface area (Å²) >= 11 is 0. The number of rotatable bonds is 3. The minimum atomic E-state index is -0.119. The molecule has 1 aliphatic heterocycles. The van der Waals surface area contributed by atoms with E-state index in [2.05, 4.69) is 30.0 Å². The number of fused-ring (bicyclic) bond motifs is 1. The number of aryl methyl sites for hydroxylation is 1. The van der Waals surface area contributed by atoms with Crippen LogP contribution in [0.3, 0.4) is 0 Å². The third kappa shape index (κ3) is 2.04. The quantitative estimate of drug-likeness (QED) is 0.870.